The second kappa shape index (κ2) is 15.9. The van der Waals surface area contributed by atoms with Crippen LogP contribution in [0, 0.1) is 0 Å². The van der Waals surface area contributed by atoms with Gasteiger partial charge in [-0.3, -0.25) is 4.90 Å². The lowest BCUT2D eigenvalue weighted by Crippen LogP contribution is -2.32. The van der Waals surface area contributed by atoms with Crippen LogP contribution in [0.2, 0.25) is 0 Å². The fourth-order valence-electron chi connectivity index (χ4n) is 1.77. The molecule has 19 heavy (non-hydrogen) atoms. The van der Waals surface area contributed by atoms with E-state index in [4.69, 9.17) is 18.9 Å². The third-order valence-corrected chi connectivity index (χ3v) is 2.83. The van der Waals surface area contributed by atoms with Crippen molar-refractivity contribution in [3.8, 4) is 0 Å². The van der Waals surface area contributed by atoms with Gasteiger partial charge in [-0.1, -0.05) is 26.2 Å². The molecular formula is C14H31NO4. The lowest BCUT2D eigenvalue weighted by Gasteiger charge is -2.22. The highest BCUT2D eigenvalue weighted by molar-refractivity contribution is 4.57. The van der Waals surface area contributed by atoms with E-state index in [1.54, 1.807) is 14.2 Å². The van der Waals surface area contributed by atoms with Crippen LogP contribution in [0.1, 0.15) is 32.6 Å². The quantitative estimate of drug-likeness (QED) is 0.339. The molecule has 0 atom stereocenters. The third-order valence-electron chi connectivity index (χ3n) is 2.83. The second-order valence-electron chi connectivity index (χ2n) is 4.53. The Hall–Kier alpha value is -0.200. The zero-order valence-electron chi connectivity index (χ0n) is 12.9. The molecule has 0 saturated carbocycles. The average Bonchev–Trinajstić information content (AvgIpc) is 2.43. The first-order valence-corrected chi connectivity index (χ1v) is 7.20. The number of ether oxygens (including phenoxy) is 4. The molecule has 0 N–H and O–H groups in total. The Morgan fingerprint density at radius 1 is 0.737 bits per heavy atom. The van der Waals surface area contributed by atoms with E-state index in [-0.39, 0.29) is 0 Å². The van der Waals surface area contributed by atoms with E-state index >= 15 is 0 Å². The first-order chi connectivity index (χ1) is 9.35. The summed E-state index contributed by atoms with van der Waals surface area (Å²) >= 11 is 0. The van der Waals surface area contributed by atoms with E-state index in [1.165, 1.54) is 25.7 Å². The molecule has 0 radical (unpaired) electrons. The maximum Gasteiger partial charge on any atom is 0.146 e. The summed E-state index contributed by atoms with van der Waals surface area (Å²) in [5.41, 5.74) is 0. The van der Waals surface area contributed by atoms with Crippen molar-refractivity contribution < 1.29 is 18.9 Å². The van der Waals surface area contributed by atoms with Crippen molar-refractivity contribution in [1.29, 1.82) is 0 Å². The molecular weight excluding hydrogens is 246 g/mol. The predicted octanol–water partition coefficient (Wildman–Crippen LogP) is 2.11. The van der Waals surface area contributed by atoms with E-state index < -0.39 is 0 Å². The molecule has 0 unspecified atom stereocenters. The second-order valence-corrected chi connectivity index (χ2v) is 4.53. The highest BCUT2D eigenvalue weighted by Crippen LogP contribution is 2.01. The van der Waals surface area contributed by atoms with Crippen molar-refractivity contribution in [2.75, 3.05) is 60.7 Å². The van der Waals surface area contributed by atoms with Gasteiger partial charge in [0.25, 0.3) is 0 Å². The number of rotatable bonds is 15. The normalized spacial score (nSPS) is 11.4. The zero-order chi connectivity index (χ0) is 14.2. The van der Waals surface area contributed by atoms with Crippen molar-refractivity contribution in [3.05, 3.63) is 0 Å². The molecule has 0 aromatic heterocycles. The van der Waals surface area contributed by atoms with Crippen LogP contribution < -0.4 is 0 Å². The number of unbranched alkanes of at least 4 members (excludes halogenated alkanes) is 3. The van der Waals surface area contributed by atoms with Crippen LogP contribution in [-0.4, -0.2) is 65.6 Å². The monoisotopic (exact) mass is 277 g/mol. The van der Waals surface area contributed by atoms with Crippen LogP contribution in [0.3, 0.4) is 0 Å². The average molecular weight is 277 g/mol. The Morgan fingerprint density at radius 3 is 1.79 bits per heavy atom. The van der Waals surface area contributed by atoms with Gasteiger partial charge in [0.05, 0.1) is 13.2 Å². The molecule has 0 bridgehead atoms. The van der Waals surface area contributed by atoms with Crippen LogP contribution in [-0.2, 0) is 18.9 Å². The largest absolute Gasteiger partial charge is 0.359 e. The summed E-state index contributed by atoms with van der Waals surface area (Å²) < 4.78 is 20.4. The van der Waals surface area contributed by atoms with Gasteiger partial charge in [0.15, 0.2) is 0 Å². The highest BCUT2D eigenvalue weighted by Gasteiger charge is 2.04. The minimum Gasteiger partial charge on any atom is -0.359 e. The van der Waals surface area contributed by atoms with Crippen molar-refractivity contribution in [3.63, 3.8) is 0 Å². The fourth-order valence-corrected chi connectivity index (χ4v) is 1.77. The summed E-state index contributed by atoms with van der Waals surface area (Å²) in [6, 6.07) is 0. The molecule has 0 aliphatic heterocycles. The number of hydrogen-bond acceptors (Lipinski definition) is 5. The molecule has 0 aliphatic carbocycles. The first-order valence-electron chi connectivity index (χ1n) is 7.20. The summed E-state index contributed by atoms with van der Waals surface area (Å²) in [4.78, 5) is 2.38. The van der Waals surface area contributed by atoms with Gasteiger partial charge in [-0.15, -0.1) is 0 Å². The SMILES string of the molecule is CCCCCCN(CCOCOC)CCOCOC. The van der Waals surface area contributed by atoms with E-state index in [0.29, 0.717) is 26.8 Å². The highest BCUT2D eigenvalue weighted by atomic mass is 16.7. The lowest BCUT2D eigenvalue weighted by molar-refractivity contribution is -0.0487. The third kappa shape index (κ3) is 14.0. The molecule has 0 aromatic carbocycles. The molecule has 0 amide bonds. The van der Waals surface area contributed by atoms with Crippen LogP contribution in [0.5, 0.6) is 0 Å². The number of hydrogen-bond donors (Lipinski definition) is 0. The molecule has 5 nitrogen and oxygen atoms in total. The summed E-state index contributed by atoms with van der Waals surface area (Å²) in [7, 11) is 3.28. The minimum absolute atomic E-state index is 0.365. The molecule has 116 valence electrons. The van der Waals surface area contributed by atoms with Crippen LogP contribution >= 0.6 is 0 Å². The van der Waals surface area contributed by atoms with Crippen LogP contribution in [0.4, 0.5) is 0 Å². The zero-order valence-corrected chi connectivity index (χ0v) is 12.9. The Bertz CT molecular complexity index is 141. The summed E-state index contributed by atoms with van der Waals surface area (Å²) in [5, 5.41) is 0. The van der Waals surface area contributed by atoms with Crippen molar-refractivity contribution in [1.82, 2.24) is 4.90 Å². The topological polar surface area (TPSA) is 40.2 Å². The molecule has 0 heterocycles. The maximum atomic E-state index is 5.34. The maximum absolute atomic E-state index is 5.34. The van der Waals surface area contributed by atoms with Crippen molar-refractivity contribution in [2.24, 2.45) is 0 Å². The van der Waals surface area contributed by atoms with Gasteiger partial charge in [-0.2, -0.15) is 0 Å². The van der Waals surface area contributed by atoms with Gasteiger partial charge in [0.2, 0.25) is 0 Å². The fraction of sp³-hybridized carbons (Fsp3) is 1.00. The van der Waals surface area contributed by atoms with Crippen LogP contribution in [0.15, 0.2) is 0 Å². The van der Waals surface area contributed by atoms with Gasteiger partial charge in [-0.25, -0.2) is 0 Å². The van der Waals surface area contributed by atoms with E-state index in [2.05, 4.69) is 11.8 Å². The Morgan fingerprint density at radius 2 is 1.32 bits per heavy atom. The molecule has 0 fully saturated rings. The standard InChI is InChI=1S/C14H31NO4/c1-4-5-6-7-8-15(9-11-18-13-16-2)10-12-19-14-17-3/h4-14H2,1-3H3. The van der Waals surface area contributed by atoms with Gasteiger partial charge < -0.3 is 18.9 Å². The molecule has 0 saturated heterocycles. The molecule has 0 aromatic rings. The Balaban J connectivity index is 3.66. The van der Waals surface area contributed by atoms with Gasteiger partial charge in [0.1, 0.15) is 13.6 Å². The van der Waals surface area contributed by atoms with Crippen molar-refractivity contribution in [2.45, 2.75) is 32.6 Å². The first kappa shape index (κ1) is 18.8. The van der Waals surface area contributed by atoms with E-state index in [9.17, 15) is 0 Å². The molecule has 0 spiro atoms. The Kier molecular flexibility index (Phi) is 15.7. The smallest absolute Gasteiger partial charge is 0.146 e. The van der Waals surface area contributed by atoms with Crippen LogP contribution in [0.25, 0.3) is 0 Å². The number of nitrogens with zero attached hydrogens (tertiary/aromatic N) is 1. The van der Waals surface area contributed by atoms with Crippen molar-refractivity contribution >= 4 is 0 Å². The summed E-state index contributed by atoms with van der Waals surface area (Å²) in [6.45, 7) is 7.31. The van der Waals surface area contributed by atoms with E-state index in [0.717, 1.165) is 19.6 Å². The summed E-state index contributed by atoms with van der Waals surface area (Å²) in [5.74, 6) is 0. The van der Waals surface area contributed by atoms with Gasteiger partial charge in [0, 0.05) is 27.3 Å². The Labute approximate surface area is 118 Å². The van der Waals surface area contributed by atoms with Gasteiger partial charge in [-0.05, 0) is 13.0 Å². The molecule has 0 rings (SSSR count). The number of methoxy groups -OCH3 is 2. The molecule has 5 heteroatoms. The van der Waals surface area contributed by atoms with E-state index in [1.807, 2.05) is 0 Å². The predicted molar refractivity (Wildman–Crippen MR) is 76.2 cm³/mol. The molecule has 0 aliphatic rings. The summed E-state index contributed by atoms with van der Waals surface area (Å²) in [6.07, 6.45) is 5.12. The lowest BCUT2D eigenvalue weighted by atomic mass is 10.2. The van der Waals surface area contributed by atoms with Gasteiger partial charge >= 0.3 is 0 Å². The minimum atomic E-state index is 0.365.